The van der Waals surface area contributed by atoms with Crippen molar-refractivity contribution in [2.45, 2.75) is 31.4 Å². The standard InChI is InChI=1S/C10H14N2O3S/c1-6(10(13)14)4-16-5-8-11-9(15-12-8)7-2-3-7/h6-7H,2-5H2,1H3,(H,13,14). The number of nitrogens with zero attached hydrogens (tertiary/aromatic N) is 2. The first-order valence-corrected chi connectivity index (χ1v) is 6.45. The van der Waals surface area contributed by atoms with Crippen LogP contribution in [-0.2, 0) is 10.5 Å². The van der Waals surface area contributed by atoms with Crippen LogP contribution in [0.5, 0.6) is 0 Å². The van der Waals surface area contributed by atoms with Gasteiger partial charge in [-0.2, -0.15) is 16.7 Å². The van der Waals surface area contributed by atoms with E-state index in [4.69, 9.17) is 9.63 Å². The second kappa shape index (κ2) is 4.86. The summed E-state index contributed by atoms with van der Waals surface area (Å²) in [6.45, 7) is 1.70. The first-order valence-electron chi connectivity index (χ1n) is 5.30. The molecular formula is C10H14N2O3S. The molecule has 1 aromatic heterocycles. The lowest BCUT2D eigenvalue weighted by molar-refractivity contribution is -0.140. The molecule has 1 aliphatic carbocycles. The third-order valence-electron chi connectivity index (χ3n) is 2.43. The lowest BCUT2D eigenvalue weighted by Gasteiger charge is -2.02. The molecule has 1 heterocycles. The summed E-state index contributed by atoms with van der Waals surface area (Å²) in [5.41, 5.74) is 0. The number of rotatable bonds is 6. The minimum Gasteiger partial charge on any atom is -0.481 e. The van der Waals surface area contributed by atoms with E-state index in [9.17, 15) is 4.79 Å². The molecule has 0 spiro atoms. The van der Waals surface area contributed by atoms with Gasteiger partial charge in [0.1, 0.15) is 0 Å². The Bertz CT molecular complexity index is 376. The van der Waals surface area contributed by atoms with Gasteiger partial charge >= 0.3 is 5.97 Å². The van der Waals surface area contributed by atoms with E-state index in [1.807, 2.05) is 0 Å². The zero-order chi connectivity index (χ0) is 11.5. The molecule has 1 N–H and O–H groups in total. The molecule has 6 heteroatoms. The molecule has 1 atom stereocenters. The third-order valence-corrected chi connectivity index (χ3v) is 3.63. The zero-order valence-corrected chi connectivity index (χ0v) is 9.87. The minimum absolute atomic E-state index is 0.334. The van der Waals surface area contributed by atoms with Crippen molar-refractivity contribution in [3.63, 3.8) is 0 Å². The Kier molecular flexibility index (Phi) is 3.48. The van der Waals surface area contributed by atoms with Gasteiger partial charge in [0.05, 0.1) is 11.7 Å². The Morgan fingerprint density at radius 3 is 3.06 bits per heavy atom. The number of hydrogen-bond donors (Lipinski definition) is 1. The van der Waals surface area contributed by atoms with Crippen LogP contribution in [0.25, 0.3) is 0 Å². The smallest absolute Gasteiger partial charge is 0.307 e. The molecule has 0 aromatic carbocycles. The van der Waals surface area contributed by atoms with E-state index in [1.54, 1.807) is 6.92 Å². The summed E-state index contributed by atoms with van der Waals surface area (Å²) in [5, 5.41) is 12.6. The van der Waals surface area contributed by atoms with Crippen molar-refractivity contribution >= 4 is 17.7 Å². The van der Waals surface area contributed by atoms with Crippen LogP contribution in [0.1, 0.15) is 37.4 Å². The maximum atomic E-state index is 10.6. The molecule has 1 saturated carbocycles. The van der Waals surface area contributed by atoms with E-state index < -0.39 is 5.97 Å². The SMILES string of the molecule is CC(CSCc1noc(C2CC2)n1)C(=O)O. The quantitative estimate of drug-likeness (QED) is 0.821. The number of carboxylic acid groups (broad SMARTS) is 1. The highest BCUT2D eigenvalue weighted by Gasteiger charge is 2.29. The third kappa shape index (κ3) is 2.98. The summed E-state index contributed by atoms with van der Waals surface area (Å²) in [6, 6.07) is 0. The molecule has 0 bridgehead atoms. The lowest BCUT2D eigenvalue weighted by atomic mass is 10.2. The number of carboxylic acids is 1. The van der Waals surface area contributed by atoms with Crippen molar-refractivity contribution in [3.8, 4) is 0 Å². The van der Waals surface area contributed by atoms with Gasteiger partial charge in [-0.15, -0.1) is 0 Å². The largest absolute Gasteiger partial charge is 0.481 e. The molecule has 1 aliphatic rings. The van der Waals surface area contributed by atoms with Gasteiger partial charge in [0, 0.05) is 11.7 Å². The Balaban J connectivity index is 1.74. The average Bonchev–Trinajstić information content (AvgIpc) is 2.99. The summed E-state index contributed by atoms with van der Waals surface area (Å²) < 4.78 is 5.10. The molecular weight excluding hydrogens is 228 g/mol. The van der Waals surface area contributed by atoms with E-state index >= 15 is 0 Å². The van der Waals surface area contributed by atoms with Crippen molar-refractivity contribution in [1.82, 2.24) is 10.1 Å². The van der Waals surface area contributed by atoms with E-state index in [0.717, 1.165) is 18.7 Å². The van der Waals surface area contributed by atoms with Gasteiger partial charge in [-0.05, 0) is 12.8 Å². The highest BCUT2D eigenvalue weighted by molar-refractivity contribution is 7.98. The Morgan fingerprint density at radius 2 is 2.44 bits per heavy atom. The van der Waals surface area contributed by atoms with Gasteiger partial charge < -0.3 is 9.63 Å². The number of carbonyl (C=O) groups is 1. The number of hydrogen-bond acceptors (Lipinski definition) is 5. The molecule has 16 heavy (non-hydrogen) atoms. The van der Waals surface area contributed by atoms with Crippen LogP contribution in [-0.4, -0.2) is 27.0 Å². The van der Waals surface area contributed by atoms with E-state index in [0.29, 0.717) is 23.2 Å². The topological polar surface area (TPSA) is 76.2 Å². The molecule has 1 unspecified atom stereocenters. The fraction of sp³-hybridized carbons (Fsp3) is 0.700. The molecule has 5 nitrogen and oxygen atoms in total. The predicted octanol–water partition coefficient (Wildman–Crippen LogP) is 1.90. The first-order chi connectivity index (χ1) is 7.66. The fourth-order valence-corrected chi connectivity index (χ4v) is 2.13. The molecule has 0 amide bonds. The number of aliphatic carboxylic acids is 1. The highest BCUT2D eigenvalue weighted by Crippen LogP contribution is 2.38. The number of thioether (sulfide) groups is 1. The second-order valence-electron chi connectivity index (χ2n) is 4.08. The Morgan fingerprint density at radius 1 is 1.69 bits per heavy atom. The summed E-state index contributed by atoms with van der Waals surface area (Å²) >= 11 is 1.52. The minimum atomic E-state index is -0.765. The fourth-order valence-electron chi connectivity index (χ4n) is 1.22. The van der Waals surface area contributed by atoms with E-state index in [1.165, 1.54) is 11.8 Å². The van der Waals surface area contributed by atoms with Crippen molar-refractivity contribution in [1.29, 1.82) is 0 Å². The lowest BCUT2D eigenvalue weighted by Crippen LogP contribution is -2.11. The normalized spacial score (nSPS) is 17.3. The van der Waals surface area contributed by atoms with Gasteiger partial charge in [0.2, 0.25) is 5.89 Å². The second-order valence-corrected chi connectivity index (χ2v) is 5.11. The van der Waals surface area contributed by atoms with Crippen LogP contribution in [0, 0.1) is 5.92 Å². The molecule has 0 radical (unpaired) electrons. The van der Waals surface area contributed by atoms with Crippen molar-refractivity contribution in [2.75, 3.05) is 5.75 Å². The maximum absolute atomic E-state index is 10.6. The van der Waals surface area contributed by atoms with Gasteiger partial charge in [0.15, 0.2) is 5.82 Å². The monoisotopic (exact) mass is 242 g/mol. The molecule has 0 saturated heterocycles. The summed E-state index contributed by atoms with van der Waals surface area (Å²) in [7, 11) is 0. The maximum Gasteiger partial charge on any atom is 0.307 e. The van der Waals surface area contributed by atoms with Crippen LogP contribution in [0.4, 0.5) is 0 Å². The van der Waals surface area contributed by atoms with Crippen molar-refractivity contribution in [2.24, 2.45) is 5.92 Å². The molecule has 0 aliphatic heterocycles. The van der Waals surface area contributed by atoms with Crippen LogP contribution < -0.4 is 0 Å². The van der Waals surface area contributed by atoms with Crippen LogP contribution in [0.2, 0.25) is 0 Å². The Labute approximate surface area is 97.6 Å². The molecule has 2 rings (SSSR count). The van der Waals surface area contributed by atoms with Gasteiger partial charge in [-0.25, -0.2) is 0 Å². The number of aromatic nitrogens is 2. The van der Waals surface area contributed by atoms with Crippen LogP contribution in [0.15, 0.2) is 4.52 Å². The Hall–Kier alpha value is -1.04. The molecule has 1 aromatic rings. The van der Waals surface area contributed by atoms with E-state index in [2.05, 4.69) is 10.1 Å². The predicted molar refractivity (Wildman–Crippen MR) is 59.2 cm³/mol. The van der Waals surface area contributed by atoms with E-state index in [-0.39, 0.29) is 5.92 Å². The molecule has 88 valence electrons. The van der Waals surface area contributed by atoms with Crippen LogP contribution in [0.3, 0.4) is 0 Å². The van der Waals surface area contributed by atoms with Crippen LogP contribution >= 0.6 is 11.8 Å². The summed E-state index contributed by atoms with van der Waals surface area (Å²) in [4.78, 5) is 14.8. The first kappa shape index (κ1) is 11.4. The summed E-state index contributed by atoms with van der Waals surface area (Å²) in [5.74, 6) is 1.98. The van der Waals surface area contributed by atoms with Gasteiger partial charge in [-0.1, -0.05) is 12.1 Å². The highest BCUT2D eigenvalue weighted by atomic mass is 32.2. The van der Waals surface area contributed by atoms with Crippen molar-refractivity contribution in [3.05, 3.63) is 11.7 Å². The van der Waals surface area contributed by atoms with Gasteiger partial charge in [-0.3, -0.25) is 4.79 Å². The average molecular weight is 242 g/mol. The molecule has 1 fully saturated rings. The zero-order valence-electron chi connectivity index (χ0n) is 9.05. The van der Waals surface area contributed by atoms with Crippen molar-refractivity contribution < 1.29 is 14.4 Å². The summed E-state index contributed by atoms with van der Waals surface area (Å²) in [6.07, 6.45) is 2.29. The van der Waals surface area contributed by atoms with Gasteiger partial charge in [0.25, 0.3) is 0 Å².